The zero-order valence-electron chi connectivity index (χ0n) is 7.86. The predicted octanol–water partition coefficient (Wildman–Crippen LogP) is 1.01. The molecule has 1 amide bonds. The van der Waals surface area contributed by atoms with E-state index in [0.29, 0.717) is 0 Å². The van der Waals surface area contributed by atoms with Crippen molar-refractivity contribution in [3.63, 3.8) is 0 Å². The number of piperidine rings is 1. The van der Waals surface area contributed by atoms with Crippen molar-refractivity contribution in [2.75, 3.05) is 0 Å². The molecular formula is C9H16N2O2. The quantitative estimate of drug-likeness (QED) is 0.590. The predicted molar refractivity (Wildman–Crippen MR) is 48.5 cm³/mol. The smallest absolute Gasteiger partial charge is 0.408 e. The first-order valence-electron chi connectivity index (χ1n) is 4.81. The Morgan fingerprint density at radius 2 is 2.38 bits per heavy atom. The summed E-state index contributed by atoms with van der Waals surface area (Å²) in [6.07, 6.45) is 2.82. The standard InChI is InChI=1S/C9H16N2O2/c1-9-3-2-7(4-6(10)5-9)11(9)8(12)13/h6-7H,2-5,10H2,1H3,(H,12,13). The molecular weight excluding hydrogens is 168 g/mol. The summed E-state index contributed by atoms with van der Waals surface area (Å²) in [5, 5.41) is 9.06. The highest BCUT2D eigenvalue weighted by Crippen LogP contribution is 2.43. The van der Waals surface area contributed by atoms with Crippen LogP contribution in [0.3, 0.4) is 0 Å². The Bertz CT molecular complexity index is 244. The molecule has 2 aliphatic rings. The average Bonchev–Trinajstić information content (AvgIpc) is 2.19. The summed E-state index contributed by atoms with van der Waals surface area (Å²) in [5.41, 5.74) is 5.70. The second-order valence-corrected chi connectivity index (χ2v) is 4.54. The van der Waals surface area contributed by atoms with Crippen molar-refractivity contribution in [3.8, 4) is 0 Å². The van der Waals surface area contributed by atoms with Crippen LogP contribution in [0.4, 0.5) is 4.79 Å². The molecule has 0 saturated carbocycles. The van der Waals surface area contributed by atoms with E-state index in [4.69, 9.17) is 10.8 Å². The Hall–Kier alpha value is -0.770. The van der Waals surface area contributed by atoms with Gasteiger partial charge in [0.05, 0.1) is 0 Å². The number of nitrogens with two attached hydrogens (primary N) is 1. The van der Waals surface area contributed by atoms with E-state index in [1.54, 1.807) is 4.90 Å². The molecule has 13 heavy (non-hydrogen) atoms. The second-order valence-electron chi connectivity index (χ2n) is 4.54. The van der Waals surface area contributed by atoms with Crippen LogP contribution in [-0.2, 0) is 0 Å². The molecule has 2 bridgehead atoms. The normalized spacial score (nSPS) is 43.7. The number of rotatable bonds is 0. The number of carboxylic acid groups (broad SMARTS) is 1. The molecule has 2 saturated heterocycles. The maximum Gasteiger partial charge on any atom is 0.408 e. The van der Waals surface area contributed by atoms with Crippen LogP contribution in [0.2, 0.25) is 0 Å². The Balaban J connectivity index is 2.26. The van der Waals surface area contributed by atoms with Crippen LogP contribution in [0.1, 0.15) is 32.6 Å². The Morgan fingerprint density at radius 3 is 2.92 bits per heavy atom. The van der Waals surface area contributed by atoms with Crippen LogP contribution in [0.15, 0.2) is 0 Å². The van der Waals surface area contributed by atoms with Gasteiger partial charge in [0.15, 0.2) is 0 Å². The summed E-state index contributed by atoms with van der Waals surface area (Å²) >= 11 is 0. The molecule has 0 spiro atoms. The summed E-state index contributed by atoms with van der Waals surface area (Å²) < 4.78 is 0. The van der Waals surface area contributed by atoms with Crippen LogP contribution in [0.25, 0.3) is 0 Å². The lowest BCUT2D eigenvalue weighted by Crippen LogP contribution is -2.56. The van der Waals surface area contributed by atoms with Crippen molar-refractivity contribution in [3.05, 3.63) is 0 Å². The zero-order chi connectivity index (χ0) is 9.64. The number of hydrogen-bond donors (Lipinski definition) is 2. The SMILES string of the molecule is CC12CCC(CC(N)C1)N2C(=O)O. The van der Waals surface area contributed by atoms with Gasteiger partial charge in [-0.2, -0.15) is 0 Å². The zero-order valence-corrected chi connectivity index (χ0v) is 7.86. The largest absolute Gasteiger partial charge is 0.465 e. The highest BCUT2D eigenvalue weighted by atomic mass is 16.4. The molecule has 0 radical (unpaired) electrons. The van der Waals surface area contributed by atoms with Crippen molar-refractivity contribution in [1.29, 1.82) is 0 Å². The van der Waals surface area contributed by atoms with E-state index in [0.717, 1.165) is 25.7 Å². The van der Waals surface area contributed by atoms with Gasteiger partial charge in [0.25, 0.3) is 0 Å². The van der Waals surface area contributed by atoms with Gasteiger partial charge in [-0.1, -0.05) is 0 Å². The van der Waals surface area contributed by atoms with Crippen LogP contribution in [0.5, 0.6) is 0 Å². The van der Waals surface area contributed by atoms with Crippen molar-refractivity contribution < 1.29 is 9.90 Å². The minimum absolute atomic E-state index is 0.172. The van der Waals surface area contributed by atoms with Gasteiger partial charge >= 0.3 is 6.09 Å². The second kappa shape index (κ2) is 2.61. The highest BCUT2D eigenvalue weighted by Gasteiger charge is 2.50. The Kier molecular flexibility index (Phi) is 1.77. The Morgan fingerprint density at radius 1 is 1.69 bits per heavy atom. The minimum atomic E-state index is -0.781. The molecule has 2 heterocycles. The molecule has 3 unspecified atom stereocenters. The van der Waals surface area contributed by atoms with E-state index in [9.17, 15) is 4.79 Å². The fraction of sp³-hybridized carbons (Fsp3) is 0.889. The molecule has 74 valence electrons. The third-order valence-electron chi connectivity index (χ3n) is 3.45. The van der Waals surface area contributed by atoms with E-state index >= 15 is 0 Å². The van der Waals surface area contributed by atoms with Crippen molar-refractivity contribution in [2.24, 2.45) is 5.73 Å². The lowest BCUT2D eigenvalue weighted by molar-refractivity contribution is 0.0549. The molecule has 4 heteroatoms. The average molecular weight is 184 g/mol. The Labute approximate surface area is 77.7 Å². The lowest BCUT2D eigenvalue weighted by atomic mass is 9.88. The van der Waals surface area contributed by atoms with Gasteiger partial charge in [-0.15, -0.1) is 0 Å². The minimum Gasteiger partial charge on any atom is -0.465 e. The third-order valence-corrected chi connectivity index (χ3v) is 3.45. The van der Waals surface area contributed by atoms with Crippen LogP contribution < -0.4 is 5.73 Å². The van der Waals surface area contributed by atoms with Crippen molar-refractivity contribution >= 4 is 6.09 Å². The molecule has 0 aromatic rings. The summed E-state index contributed by atoms with van der Waals surface area (Å²) in [6, 6.07) is 0.361. The van der Waals surface area contributed by atoms with E-state index in [1.807, 2.05) is 6.92 Å². The van der Waals surface area contributed by atoms with E-state index in [2.05, 4.69) is 0 Å². The molecule has 4 nitrogen and oxygen atoms in total. The summed E-state index contributed by atoms with van der Waals surface area (Å²) in [7, 11) is 0. The first-order valence-corrected chi connectivity index (χ1v) is 4.81. The van der Waals surface area contributed by atoms with E-state index in [1.165, 1.54) is 0 Å². The monoisotopic (exact) mass is 184 g/mol. The number of hydrogen-bond acceptors (Lipinski definition) is 2. The first-order chi connectivity index (χ1) is 6.03. The molecule has 3 N–H and O–H groups in total. The van der Waals surface area contributed by atoms with Crippen LogP contribution in [-0.4, -0.2) is 33.7 Å². The lowest BCUT2D eigenvalue weighted by Gasteiger charge is -2.43. The fourth-order valence-electron chi connectivity index (χ4n) is 2.98. The van der Waals surface area contributed by atoms with Gasteiger partial charge in [0, 0.05) is 17.6 Å². The van der Waals surface area contributed by atoms with Gasteiger partial charge in [0.2, 0.25) is 0 Å². The van der Waals surface area contributed by atoms with Gasteiger partial charge in [0.1, 0.15) is 0 Å². The molecule has 0 aromatic heterocycles. The third kappa shape index (κ3) is 1.20. The molecule has 0 aromatic carbocycles. The number of nitrogens with zero attached hydrogens (tertiary/aromatic N) is 1. The molecule has 2 fully saturated rings. The highest BCUT2D eigenvalue weighted by molar-refractivity contribution is 5.67. The van der Waals surface area contributed by atoms with Gasteiger partial charge < -0.3 is 10.8 Å². The summed E-state index contributed by atoms with van der Waals surface area (Å²) in [6.45, 7) is 2.01. The summed E-state index contributed by atoms with van der Waals surface area (Å²) in [4.78, 5) is 12.6. The van der Waals surface area contributed by atoms with Crippen molar-refractivity contribution in [1.82, 2.24) is 4.90 Å². The molecule has 0 aliphatic carbocycles. The number of carbonyl (C=O) groups is 1. The summed E-state index contributed by atoms with van der Waals surface area (Å²) in [5.74, 6) is 0. The number of amides is 1. The molecule has 2 rings (SSSR count). The first kappa shape index (κ1) is 8.81. The van der Waals surface area contributed by atoms with E-state index < -0.39 is 6.09 Å². The molecule has 3 atom stereocenters. The van der Waals surface area contributed by atoms with Gasteiger partial charge in [-0.25, -0.2) is 4.79 Å². The van der Waals surface area contributed by atoms with Crippen LogP contribution >= 0.6 is 0 Å². The maximum absolute atomic E-state index is 11.0. The fourth-order valence-corrected chi connectivity index (χ4v) is 2.98. The van der Waals surface area contributed by atoms with Crippen molar-refractivity contribution in [2.45, 2.75) is 50.2 Å². The van der Waals surface area contributed by atoms with Crippen LogP contribution in [0, 0.1) is 0 Å². The van der Waals surface area contributed by atoms with Gasteiger partial charge in [-0.05, 0) is 32.6 Å². The van der Waals surface area contributed by atoms with E-state index in [-0.39, 0.29) is 17.6 Å². The molecule has 2 aliphatic heterocycles. The number of fused-ring (bicyclic) bond motifs is 2. The topological polar surface area (TPSA) is 66.6 Å². The van der Waals surface area contributed by atoms with Gasteiger partial charge in [-0.3, -0.25) is 4.90 Å². The maximum atomic E-state index is 11.0.